The van der Waals surface area contributed by atoms with Crippen molar-refractivity contribution in [3.8, 4) is 0 Å². The van der Waals surface area contributed by atoms with E-state index in [1.165, 1.54) is 36.2 Å². The minimum Gasteiger partial charge on any atom is -0.382 e. The summed E-state index contributed by atoms with van der Waals surface area (Å²) in [6.45, 7) is 6.52. The molecule has 0 aromatic carbocycles. The number of thiazole rings is 1. The van der Waals surface area contributed by atoms with Gasteiger partial charge in [-0.15, -0.1) is 0 Å². The Kier molecular flexibility index (Phi) is 5.61. The molecule has 5 nitrogen and oxygen atoms in total. The highest BCUT2D eigenvalue weighted by Crippen LogP contribution is 2.28. The zero-order valence-electron chi connectivity index (χ0n) is 12.8. The van der Waals surface area contributed by atoms with E-state index in [-0.39, 0.29) is 5.91 Å². The summed E-state index contributed by atoms with van der Waals surface area (Å²) in [6.07, 6.45) is 6.82. The van der Waals surface area contributed by atoms with Gasteiger partial charge in [0.25, 0.3) is 5.91 Å². The van der Waals surface area contributed by atoms with E-state index >= 15 is 0 Å². The first-order chi connectivity index (χ1) is 10.2. The van der Waals surface area contributed by atoms with Gasteiger partial charge >= 0.3 is 0 Å². The summed E-state index contributed by atoms with van der Waals surface area (Å²) in [5.41, 5.74) is 7.34. The van der Waals surface area contributed by atoms with Gasteiger partial charge in [-0.05, 0) is 39.5 Å². The van der Waals surface area contributed by atoms with Crippen molar-refractivity contribution < 1.29 is 4.79 Å². The molecule has 0 atom stereocenters. The summed E-state index contributed by atoms with van der Waals surface area (Å²) in [5.74, 6) is 0.224. The highest BCUT2D eigenvalue weighted by Gasteiger charge is 2.18. The molecule has 0 saturated carbocycles. The third kappa shape index (κ3) is 3.97. The summed E-state index contributed by atoms with van der Waals surface area (Å²) in [4.78, 5) is 19.1. The number of hydrogen-bond donors (Lipinski definition) is 2. The van der Waals surface area contributed by atoms with E-state index in [1.54, 1.807) is 0 Å². The second-order valence-corrected chi connectivity index (χ2v) is 6.12. The first-order valence-electron chi connectivity index (χ1n) is 7.63. The molecule has 21 heavy (non-hydrogen) atoms. The second-order valence-electron chi connectivity index (χ2n) is 5.14. The van der Waals surface area contributed by atoms with Crippen LogP contribution in [0.15, 0.2) is 11.6 Å². The number of carbonyl (C=O) groups is 1. The molecule has 0 aliphatic heterocycles. The Morgan fingerprint density at radius 3 is 2.86 bits per heavy atom. The Labute approximate surface area is 130 Å². The normalized spacial score (nSPS) is 14.1. The molecule has 0 bridgehead atoms. The molecular formula is C15H24N4OS. The minimum atomic E-state index is -0.109. The predicted molar refractivity (Wildman–Crippen MR) is 89.0 cm³/mol. The molecule has 0 fully saturated rings. The van der Waals surface area contributed by atoms with E-state index in [2.05, 4.69) is 35.1 Å². The quantitative estimate of drug-likeness (QED) is 0.760. The molecular weight excluding hydrogens is 284 g/mol. The molecule has 1 aliphatic rings. The molecule has 0 spiro atoms. The summed E-state index contributed by atoms with van der Waals surface area (Å²) >= 11 is 1.37. The van der Waals surface area contributed by atoms with Crippen LogP contribution in [0, 0.1) is 0 Å². The fourth-order valence-corrected chi connectivity index (χ4v) is 3.52. The summed E-state index contributed by atoms with van der Waals surface area (Å²) in [5, 5.41) is 3.77. The maximum absolute atomic E-state index is 12.2. The molecule has 1 aliphatic carbocycles. The third-order valence-corrected chi connectivity index (χ3v) is 4.88. The van der Waals surface area contributed by atoms with Gasteiger partial charge in [0.1, 0.15) is 10.7 Å². The molecule has 1 aromatic rings. The Morgan fingerprint density at radius 1 is 1.48 bits per heavy atom. The van der Waals surface area contributed by atoms with Crippen LogP contribution in [-0.2, 0) is 0 Å². The average Bonchev–Trinajstić information content (AvgIpc) is 3.10. The molecule has 1 aromatic heterocycles. The van der Waals surface area contributed by atoms with E-state index in [0.29, 0.717) is 17.2 Å². The van der Waals surface area contributed by atoms with E-state index in [9.17, 15) is 4.79 Å². The van der Waals surface area contributed by atoms with Crippen molar-refractivity contribution in [1.29, 1.82) is 0 Å². The fourth-order valence-electron chi connectivity index (χ4n) is 2.49. The maximum atomic E-state index is 12.2. The van der Waals surface area contributed by atoms with Crippen LogP contribution in [0.5, 0.6) is 0 Å². The van der Waals surface area contributed by atoms with Gasteiger partial charge in [-0.1, -0.05) is 23.0 Å². The molecule has 0 radical (unpaired) electrons. The van der Waals surface area contributed by atoms with Crippen molar-refractivity contribution in [2.45, 2.75) is 39.5 Å². The third-order valence-electron chi connectivity index (χ3n) is 3.75. The van der Waals surface area contributed by atoms with Crippen molar-refractivity contribution in [2.24, 2.45) is 0 Å². The number of rotatable bonds is 7. The number of hydrogen-bond acceptors (Lipinski definition) is 5. The van der Waals surface area contributed by atoms with Crippen molar-refractivity contribution in [3.63, 3.8) is 0 Å². The van der Waals surface area contributed by atoms with Crippen molar-refractivity contribution >= 4 is 28.2 Å². The van der Waals surface area contributed by atoms with Gasteiger partial charge in [0, 0.05) is 19.6 Å². The molecule has 0 saturated heterocycles. The largest absolute Gasteiger partial charge is 0.382 e. The average molecular weight is 308 g/mol. The van der Waals surface area contributed by atoms with Crippen LogP contribution in [0.1, 0.15) is 49.2 Å². The van der Waals surface area contributed by atoms with Crippen LogP contribution in [0.4, 0.5) is 10.9 Å². The number of carbonyl (C=O) groups excluding carboxylic acids is 1. The summed E-state index contributed by atoms with van der Waals surface area (Å²) < 4.78 is 0. The minimum absolute atomic E-state index is 0.109. The van der Waals surface area contributed by atoms with Gasteiger partial charge in [-0.2, -0.15) is 0 Å². The van der Waals surface area contributed by atoms with Crippen molar-refractivity contribution in [1.82, 2.24) is 10.3 Å². The van der Waals surface area contributed by atoms with Crippen LogP contribution in [0.2, 0.25) is 0 Å². The number of nitrogens with two attached hydrogens (primary N) is 1. The smallest absolute Gasteiger partial charge is 0.265 e. The van der Waals surface area contributed by atoms with Gasteiger partial charge in [-0.3, -0.25) is 4.79 Å². The van der Waals surface area contributed by atoms with E-state index in [0.717, 1.165) is 24.6 Å². The zero-order chi connectivity index (χ0) is 15.2. The lowest BCUT2D eigenvalue weighted by Crippen LogP contribution is -2.24. The number of nitrogens with one attached hydrogen (secondary N) is 1. The molecule has 1 amide bonds. The van der Waals surface area contributed by atoms with Gasteiger partial charge in [0.2, 0.25) is 0 Å². The van der Waals surface area contributed by atoms with Crippen LogP contribution in [0.3, 0.4) is 0 Å². The molecule has 2 rings (SSSR count). The number of aromatic nitrogens is 1. The molecule has 1 heterocycles. The Balaban J connectivity index is 1.92. The van der Waals surface area contributed by atoms with Crippen molar-refractivity contribution in [3.05, 3.63) is 16.5 Å². The maximum Gasteiger partial charge on any atom is 0.265 e. The zero-order valence-corrected chi connectivity index (χ0v) is 13.6. The summed E-state index contributed by atoms with van der Waals surface area (Å²) in [7, 11) is 0. The Bertz CT molecular complexity index is 520. The summed E-state index contributed by atoms with van der Waals surface area (Å²) in [6, 6.07) is 0. The standard InChI is InChI=1S/C15H24N4OS/c1-3-19(4-2)15-18-13(16)12(21-15)14(20)17-10-9-11-7-5-6-8-11/h7H,3-6,8-10,16H2,1-2H3,(H,17,20). The predicted octanol–water partition coefficient (Wildman–Crippen LogP) is 2.80. The van der Waals surface area contributed by atoms with Crippen LogP contribution >= 0.6 is 11.3 Å². The monoisotopic (exact) mass is 308 g/mol. The number of nitrogen functional groups attached to an aromatic ring is 1. The van der Waals surface area contributed by atoms with Crippen LogP contribution < -0.4 is 16.0 Å². The number of nitrogens with zero attached hydrogens (tertiary/aromatic N) is 2. The van der Waals surface area contributed by atoms with Gasteiger partial charge < -0.3 is 16.0 Å². The van der Waals surface area contributed by atoms with Crippen LogP contribution in [-0.4, -0.2) is 30.5 Å². The number of amides is 1. The van der Waals surface area contributed by atoms with Gasteiger partial charge in [-0.25, -0.2) is 4.98 Å². The lowest BCUT2D eigenvalue weighted by atomic mass is 10.2. The number of anilines is 2. The van der Waals surface area contributed by atoms with Crippen LogP contribution in [0.25, 0.3) is 0 Å². The lowest BCUT2D eigenvalue weighted by molar-refractivity contribution is 0.0959. The topological polar surface area (TPSA) is 71.2 Å². The molecule has 0 unspecified atom stereocenters. The van der Waals surface area contributed by atoms with E-state index in [1.807, 2.05) is 0 Å². The van der Waals surface area contributed by atoms with E-state index in [4.69, 9.17) is 5.73 Å². The molecule has 3 N–H and O–H groups in total. The first-order valence-corrected chi connectivity index (χ1v) is 8.44. The lowest BCUT2D eigenvalue weighted by Gasteiger charge is -2.16. The van der Waals surface area contributed by atoms with Gasteiger partial charge in [0.15, 0.2) is 5.13 Å². The first kappa shape index (κ1) is 15.8. The van der Waals surface area contributed by atoms with Gasteiger partial charge in [0.05, 0.1) is 0 Å². The SMILES string of the molecule is CCN(CC)c1nc(N)c(C(=O)NCCC2=CCCC2)s1. The Morgan fingerprint density at radius 2 is 2.24 bits per heavy atom. The molecule has 6 heteroatoms. The van der Waals surface area contributed by atoms with Crippen molar-refractivity contribution in [2.75, 3.05) is 30.3 Å². The second kappa shape index (κ2) is 7.45. The van der Waals surface area contributed by atoms with E-state index < -0.39 is 0 Å². The number of allylic oxidation sites excluding steroid dienone is 1. The molecule has 116 valence electrons. The highest BCUT2D eigenvalue weighted by molar-refractivity contribution is 7.18. The highest BCUT2D eigenvalue weighted by atomic mass is 32.1. The fraction of sp³-hybridized carbons (Fsp3) is 0.600. The Hall–Kier alpha value is -1.56.